The normalized spacial score (nSPS) is 8.44. The molecule has 0 amide bonds. The summed E-state index contributed by atoms with van der Waals surface area (Å²) in [6, 6.07) is 0. The number of terminal acetylenes is 2. The molecule has 0 aliphatic heterocycles. The van der Waals surface area contributed by atoms with Crippen LogP contribution in [0, 0.1) is 24.7 Å². The minimum atomic E-state index is -0.0750. The zero-order chi connectivity index (χ0) is 7.11. The molecule has 0 rings (SSSR count). The van der Waals surface area contributed by atoms with Gasteiger partial charge in [0.05, 0.1) is 19.8 Å². The first kappa shape index (κ1) is 8.04. The Labute approximate surface area is 55.5 Å². The van der Waals surface area contributed by atoms with Crippen LogP contribution in [0.3, 0.4) is 0 Å². The fourth-order valence-corrected chi connectivity index (χ4v) is 0.414. The maximum absolute atomic E-state index is 8.52. The molecule has 0 aromatic rings. The van der Waals surface area contributed by atoms with Crippen LogP contribution in [0.1, 0.15) is 0 Å². The van der Waals surface area contributed by atoms with Crippen LogP contribution in [0.25, 0.3) is 0 Å². The Morgan fingerprint density at radius 2 is 1.67 bits per heavy atom. The van der Waals surface area contributed by atoms with Gasteiger partial charge in [-0.25, -0.2) is 0 Å². The molecule has 0 saturated carbocycles. The predicted molar refractivity (Wildman–Crippen MR) is 36.3 cm³/mol. The average Bonchev–Trinajstić information content (AvgIpc) is 1.88. The standard InChI is InChI=1S/C7H9NO/c1-3-5-8(7-9)6-4-2/h1-2,9H,5-7H2. The minimum absolute atomic E-state index is 0.0750. The van der Waals surface area contributed by atoms with Gasteiger partial charge in [-0.05, 0) is 0 Å². The third-order valence-electron chi connectivity index (χ3n) is 0.830. The second-order valence-corrected chi connectivity index (χ2v) is 1.54. The maximum Gasteiger partial charge on any atom is 0.0971 e. The highest BCUT2D eigenvalue weighted by Crippen LogP contribution is 1.80. The van der Waals surface area contributed by atoms with Crippen molar-refractivity contribution >= 4 is 0 Å². The van der Waals surface area contributed by atoms with E-state index in [0.29, 0.717) is 13.1 Å². The van der Waals surface area contributed by atoms with Crippen molar-refractivity contribution in [1.82, 2.24) is 4.90 Å². The summed E-state index contributed by atoms with van der Waals surface area (Å²) in [5, 5.41) is 8.52. The van der Waals surface area contributed by atoms with E-state index in [9.17, 15) is 0 Å². The maximum atomic E-state index is 8.52. The summed E-state index contributed by atoms with van der Waals surface area (Å²) in [5.41, 5.74) is 0. The highest BCUT2D eigenvalue weighted by molar-refractivity contribution is 4.93. The van der Waals surface area contributed by atoms with E-state index in [1.165, 1.54) is 0 Å². The van der Waals surface area contributed by atoms with Crippen LogP contribution in [-0.4, -0.2) is 29.8 Å². The summed E-state index contributed by atoms with van der Waals surface area (Å²) in [6.45, 7) is 0.732. The zero-order valence-corrected chi connectivity index (χ0v) is 5.17. The zero-order valence-electron chi connectivity index (χ0n) is 5.17. The van der Waals surface area contributed by atoms with Crippen molar-refractivity contribution in [2.24, 2.45) is 0 Å². The largest absolute Gasteiger partial charge is 0.381 e. The molecule has 0 aliphatic rings. The molecule has 0 fully saturated rings. The molecule has 0 bridgehead atoms. The van der Waals surface area contributed by atoms with Gasteiger partial charge in [-0.3, -0.25) is 4.90 Å². The summed E-state index contributed by atoms with van der Waals surface area (Å²) >= 11 is 0. The molecule has 0 spiro atoms. The predicted octanol–water partition coefficient (Wildman–Crippen LogP) is -0.495. The van der Waals surface area contributed by atoms with Crippen molar-refractivity contribution in [1.29, 1.82) is 0 Å². The Morgan fingerprint density at radius 1 is 1.22 bits per heavy atom. The van der Waals surface area contributed by atoms with Crippen molar-refractivity contribution in [3.63, 3.8) is 0 Å². The van der Waals surface area contributed by atoms with Crippen LogP contribution in [0.5, 0.6) is 0 Å². The fraction of sp³-hybridized carbons (Fsp3) is 0.429. The first-order valence-corrected chi connectivity index (χ1v) is 2.55. The monoisotopic (exact) mass is 123 g/mol. The van der Waals surface area contributed by atoms with Gasteiger partial charge in [0.1, 0.15) is 0 Å². The lowest BCUT2D eigenvalue weighted by Crippen LogP contribution is -2.25. The summed E-state index contributed by atoms with van der Waals surface area (Å²) < 4.78 is 0. The van der Waals surface area contributed by atoms with Crippen LogP contribution < -0.4 is 0 Å². The molecule has 0 unspecified atom stereocenters. The molecule has 2 nitrogen and oxygen atoms in total. The van der Waals surface area contributed by atoms with E-state index in [4.69, 9.17) is 18.0 Å². The second kappa shape index (κ2) is 5.18. The number of aliphatic hydroxyl groups is 1. The number of hydrogen-bond acceptors (Lipinski definition) is 2. The molecule has 2 heteroatoms. The van der Waals surface area contributed by atoms with E-state index in [1.54, 1.807) is 4.90 Å². The van der Waals surface area contributed by atoms with Crippen molar-refractivity contribution in [2.75, 3.05) is 19.8 Å². The van der Waals surface area contributed by atoms with Crippen molar-refractivity contribution in [3.05, 3.63) is 0 Å². The average molecular weight is 123 g/mol. The van der Waals surface area contributed by atoms with Gasteiger partial charge in [-0.1, -0.05) is 11.8 Å². The second-order valence-electron chi connectivity index (χ2n) is 1.54. The van der Waals surface area contributed by atoms with Gasteiger partial charge in [-0.2, -0.15) is 0 Å². The highest BCUT2D eigenvalue weighted by Gasteiger charge is 1.94. The molecule has 9 heavy (non-hydrogen) atoms. The van der Waals surface area contributed by atoms with Crippen LogP contribution in [-0.2, 0) is 0 Å². The molecule has 0 atom stereocenters. The van der Waals surface area contributed by atoms with Crippen molar-refractivity contribution in [2.45, 2.75) is 0 Å². The van der Waals surface area contributed by atoms with Gasteiger partial charge in [-0.15, -0.1) is 12.8 Å². The minimum Gasteiger partial charge on any atom is -0.381 e. The Bertz CT molecular complexity index is 124. The van der Waals surface area contributed by atoms with Gasteiger partial charge >= 0.3 is 0 Å². The Morgan fingerprint density at radius 3 is 1.89 bits per heavy atom. The third-order valence-corrected chi connectivity index (χ3v) is 0.830. The van der Waals surface area contributed by atoms with Crippen LogP contribution in [0.2, 0.25) is 0 Å². The summed E-state index contributed by atoms with van der Waals surface area (Å²) in [4.78, 5) is 1.57. The Balaban J connectivity index is 3.47. The van der Waals surface area contributed by atoms with Gasteiger partial charge in [0.2, 0.25) is 0 Å². The van der Waals surface area contributed by atoms with E-state index in [2.05, 4.69) is 11.8 Å². The molecule has 0 radical (unpaired) electrons. The van der Waals surface area contributed by atoms with Crippen molar-refractivity contribution < 1.29 is 5.11 Å². The Hall–Kier alpha value is -0.960. The number of nitrogens with zero attached hydrogens (tertiary/aromatic N) is 1. The molecule has 48 valence electrons. The summed E-state index contributed by atoms with van der Waals surface area (Å²) in [7, 11) is 0. The van der Waals surface area contributed by atoms with E-state index >= 15 is 0 Å². The van der Waals surface area contributed by atoms with E-state index in [-0.39, 0.29) is 6.73 Å². The van der Waals surface area contributed by atoms with E-state index in [1.807, 2.05) is 0 Å². The molecular weight excluding hydrogens is 114 g/mol. The van der Waals surface area contributed by atoms with Gasteiger partial charge < -0.3 is 5.11 Å². The topological polar surface area (TPSA) is 23.5 Å². The smallest absolute Gasteiger partial charge is 0.0971 e. The Kier molecular flexibility index (Phi) is 4.63. The molecule has 0 aliphatic carbocycles. The first-order chi connectivity index (χ1) is 4.35. The number of hydrogen-bond donors (Lipinski definition) is 1. The lowest BCUT2D eigenvalue weighted by molar-refractivity contribution is 0.134. The number of aliphatic hydroxyl groups excluding tert-OH is 1. The summed E-state index contributed by atoms with van der Waals surface area (Å²) in [6.07, 6.45) is 9.93. The molecular formula is C7H9NO. The quantitative estimate of drug-likeness (QED) is 0.404. The van der Waals surface area contributed by atoms with Crippen LogP contribution >= 0.6 is 0 Å². The molecule has 0 aromatic heterocycles. The highest BCUT2D eigenvalue weighted by atomic mass is 16.3. The lowest BCUT2D eigenvalue weighted by atomic mass is 10.5. The SMILES string of the molecule is C#CCN(CO)CC#C. The van der Waals surface area contributed by atoms with Crippen LogP contribution in [0.4, 0.5) is 0 Å². The summed E-state index contributed by atoms with van der Waals surface area (Å²) in [5.74, 6) is 4.75. The van der Waals surface area contributed by atoms with Gasteiger partial charge in [0.25, 0.3) is 0 Å². The number of rotatable bonds is 3. The van der Waals surface area contributed by atoms with Crippen molar-refractivity contribution in [3.8, 4) is 24.7 Å². The fourth-order valence-electron chi connectivity index (χ4n) is 0.414. The molecule has 0 heterocycles. The molecule has 0 saturated heterocycles. The van der Waals surface area contributed by atoms with E-state index < -0.39 is 0 Å². The lowest BCUT2D eigenvalue weighted by Gasteiger charge is -2.10. The molecule has 1 N–H and O–H groups in total. The third kappa shape index (κ3) is 3.61. The van der Waals surface area contributed by atoms with Gasteiger partial charge in [0.15, 0.2) is 0 Å². The van der Waals surface area contributed by atoms with E-state index in [0.717, 1.165) is 0 Å². The molecule has 0 aromatic carbocycles. The van der Waals surface area contributed by atoms with Gasteiger partial charge in [0, 0.05) is 0 Å². The first-order valence-electron chi connectivity index (χ1n) is 2.55. The van der Waals surface area contributed by atoms with Crippen LogP contribution in [0.15, 0.2) is 0 Å².